The average molecular weight is 322 g/mol. The number of aromatic nitrogens is 2. The van der Waals surface area contributed by atoms with Crippen molar-refractivity contribution in [2.45, 2.75) is 19.8 Å². The Morgan fingerprint density at radius 3 is 2.64 bits per heavy atom. The second-order valence-corrected chi connectivity index (χ2v) is 5.24. The van der Waals surface area contributed by atoms with Crippen LogP contribution in [0.1, 0.15) is 28.9 Å². The minimum absolute atomic E-state index is 0.0311. The Balaban J connectivity index is 2.04. The zero-order chi connectivity index (χ0) is 16.1. The van der Waals surface area contributed by atoms with E-state index in [1.165, 1.54) is 0 Å². The maximum Gasteiger partial charge on any atom is 0.303 e. The molecule has 6 nitrogen and oxygen atoms in total. The van der Waals surface area contributed by atoms with E-state index in [9.17, 15) is 9.59 Å². The Kier molecular flexibility index (Phi) is 5.16. The van der Waals surface area contributed by atoms with Crippen molar-refractivity contribution in [1.29, 1.82) is 0 Å². The summed E-state index contributed by atoms with van der Waals surface area (Å²) < 4.78 is 1.61. The van der Waals surface area contributed by atoms with E-state index in [2.05, 4.69) is 10.4 Å². The standard InChI is InChI=1S/C15H16ClN3O3/c1-10-13(15(22)17-8-2-3-14(20)21)9-19(18-10)12-6-4-11(16)5-7-12/h4-7,9H,2-3,8H2,1H3,(H,17,22)(H,20,21). The average Bonchev–Trinajstić information content (AvgIpc) is 2.86. The van der Waals surface area contributed by atoms with Gasteiger partial charge in [-0.15, -0.1) is 0 Å². The minimum atomic E-state index is -0.874. The number of carboxylic acids is 1. The third-order valence-corrected chi connectivity index (χ3v) is 3.34. The summed E-state index contributed by atoms with van der Waals surface area (Å²) in [4.78, 5) is 22.5. The monoisotopic (exact) mass is 321 g/mol. The highest BCUT2D eigenvalue weighted by molar-refractivity contribution is 6.30. The van der Waals surface area contributed by atoms with E-state index in [0.29, 0.717) is 29.2 Å². The van der Waals surface area contributed by atoms with E-state index in [0.717, 1.165) is 5.69 Å². The third kappa shape index (κ3) is 4.08. The van der Waals surface area contributed by atoms with Crippen LogP contribution in [-0.4, -0.2) is 33.3 Å². The third-order valence-electron chi connectivity index (χ3n) is 3.09. The van der Waals surface area contributed by atoms with E-state index in [4.69, 9.17) is 16.7 Å². The lowest BCUT2D eigenvalue weighted by atomic mass is 10.2. The Morgan fingerprint density at radius 1 is 1.32 bits per heavy atom. The van der Waals surface area contributed by atoms with Crippen LogP contribution < -0.4 is 5.32 Å². The number of amides is 1. The van der Waals surface area contributed by atoms with Crippen molar-refractivity contribution in [3.63, 3.8) is 0 Å². The zero-order valence-corrected chi connectivity index (χ0v) is 12.8. The van der Waals surface area contributed by atoms with Crippen molar-refractivity contribution < 1.29 is 14.7 Å². The van der Waals surface area contributed by atoms with Crippen molar-refractivity contribution in [1.82, 2.24) is 15.1 Å². The molecule has 0 atom stereocenters. The molecule has 2 rings (SSSR count). The number of halogens is 1. The van der Waals surface area contributed by atoms with Crippen LogP contribution in [0.5, 0.6) is 0 Å². The van der Waals surface area contributed by atoms with Gasteiger partial charge < -0.3 is 10.4 Å². The molecule has 0 aliphatic carbocycles. The maximum atomic E-state index is 12.1. The van der Waals surface area contributed by atoms with E-state index >= 15 is 0 Å². The van der Waals surface area contributed by atoms with Crippen LogP contribution in [0.25, 0.3) is 5.69 Å². The van der Waals surface area contributed by atoms with Gasteiger partial charge in [0.05, 0.1) is 16.9 Å². The molecule has 1 aromatic carbocycles. The van der Waals surface area contributed by atoms with Gasteiger partial charge in [0.25, 0.3) is 5.91 Å². The summed E-state index contributed by atoms with van der Waals surface area (Å²) in [6.07, 6.45) is 2.07. The topological polar surface area (TPSA) is 84.2 Å². The van der Waals surface area contributed by atoms with Crippen LogP contribution in [0.15, 0.2) is 30.5 Å². The first-order valence-electron chi connectivity index (χ1n) is 6.79. The molecule has 0 aliphatic rings. The fourth-order valence-electron chi connectivity index (χ4n) is 1.95. The van der Waals surface area contributed by atoms with Crippen molar-refractivity contribution in [2.24, 2.45) is 0 Å². The van der Waals surface area contributed by atoms with Crippen LogP contribution >= 0.6 is 11.6 Å². The van der Waals surface area contributed by atoms with Crippen molar-refractivity contribution in [2.75, 3.05) is 6.54 Å². The number of benzene rings is 1. The maximum absolute atomic E-state index is 12.1. The number of carboxylic acid groups (broad SMARTS) is 1. The number of hydrogen-bond donors (Lipinski definition) is 2. The molecule has 0 aliphatic heterocycles. The van der Waals surface area contributed by atoms with Gasteiger partial charge in [-0.1, -0.05) is 11.6 Å². The highest BCUT2D eigenvalue weighted by atomic mass is 35.5. The van der Waals surface area contributed by atoms with Crippen LogP contribution in [0.3, 0.4) is 0 Å². The second kappa shape index (κ2) is 7.09. The molecule has 0 fully saturated rings. The molecule has 0 bridgehead atoms. The number of aliphatic carboxylic acids is 1. The van der Waals surface area contributed by atoms with Gasteiger partial charge >= 0.3 is 5.97 Å². The molecule has 22 heavy (non-hydrogen) atoms. The molecular formula is C15H16ClN3O3. The highest BCUT2D eigenvalue weighted by Crippen LogP contribution is 2.15. The first-order chi connectivity index (χ1) is 10.5. The van der Waals surface area contributed by atoms with E-state index < -0.39 is 5.97 Å². The lowest BCUT2D eigenvalue weighted by Gasteiger charge is -2.02. The number of carbonyl (C=O) groups is 2. The van der Waals surface area contributed by atoms with Gasteiger partial charge in [-0.3, -0.25) is 9.59 Å². The van der Waals surface area contributed by atoms with E-state index in [1.54, 1.807) is 29.9 Å². The van der Waals surface area contributed by atoms with Crippen LogP contribution in [0, 0.1) is 6.92 Å². The summed E-state index contributed by atoms with van der Waals surface area (Å²) in [5.41, 5.74) is 1.87. The number of nitrogens with zero attached hydrogens (tertiary/aromatic N) is 2. The molecule has 0 radical (unpaired) electrons. The van der Waals surface area contributed by atoms with Gasteiger partial charge in [-0.25, -0.2) is 4.68 Å². The quantitative estimate of drug-likeness (QED) is 0.800. The summed E-state index contributed by atoms with van der Waals surface area (Å²) in [5.74, 6) is -1.14. The Labute approximate surface area is 132 Å². The predicted octanol–water partition coefficient (Wildman–Crippen LogP) is 2.43. The van der Waals surface area contributed by atoms with Gasteiger partial charge in [-0.05, 0) is 37.6 Å². The molecule has 1 heterocycles. The van der Waals surface area contributed by atoms with E-state index in [1.807, 2.05) is 12.1 Å². The number of rotatable bonds is 6. The second-order valence-electron chi connectivity index (χ2n) is 4.80. The molecule has 7 heteroatoms. The summed E-state index contributed by atoms with van der Waals surface area (Å²) in [7, 11) is 0. The SMILES string of the molecule is Cc1nn(-c2ccc(Cl)cc2)cc1C(=O)NCCCC(=O)O. The summed E-state index contributed by atoms with van der Waals surface area (Å²) in [5, 5.41) is 16.2. The van der Waals surface area contributed by atoms with Crippen LogP contribution in [0.2, 0.25) is 5.02 Å². The zero-order valence-electron chi connectivity index (χ0n) is 12.0. The number of carbonyl (C=O) groups excluding carboxylic acids is 1. The Hall–Kier alpha value is -2.34. The fraction of sp³-hybridized carbons (Fsp3) is 0.267. The normalized spacial score (nSPS) is 10.5. The summed E-state index contributed by atoms with van der Waals surface area (Å²) in [6, 6.07) is 7.12. The molecule has 1 aromatic heterocycles. The lowest BCUT2D eigenvalue weighted by Crippen LogP contribution is -2.25. The van der Waals surface area contributed by atoms with Gasteiger partial charge in [0.1, 0.15) is 0 Å². The summed E-state index contributed by atoms with van der Waals surface area (Å²) in [6.45, 7) is 2.06. The predicted molar refractivity (Wildman–Crippen MR) is 82.5 cm³/mol. The molecule has 116 valence electrons. The van der Waals surface area contributed by atoms with E-state index in [-0.39, 0.29) is 12.3 Å². The molecule has 2 N–H and O–H groups in total. The Morgan fingerprint density at radius 2 is 2.00 bits per heavy atom. The number of aryl methyl sites for hydroxylation is 1. The van der Waals surface area contributed by atoms with Crippen molar-refractivity contribution >= 4 is 23.5 Å². The first kappa shape index (κ1) is 16.0. The van der Waals surface area contributed by atoms with Crippen molar-refractivity contribution in [3.8, 4) is 5.69 Å². The molecule has 1 amide bonds. The van der Waals surface area contributed by atoms with Gasteiger partial charge in [-0.2, -0.15) is 5.10 Å². The molecular weight excluding hydrogens is 306 g/mol. The fourth-order valence-corrected chi connectivity index (χ4v) is 2.07. The summed E-state index contributed by atoms with van der Waals surface area (Å²) >= 11 is 5.84. The number of nitrogens with one attached hydrogen (secondary N) is 1. The smallest absolute Gasteiger partial charge is 0.303 e. The lowest BCUT2D eigenvalue weighted by molar-refractivity contribution is -0.137. The van der Waals surface area contributed by atoms with Gasteiger partial charge in [0.15, 0.2) is 0 Å². The largest absolute Gasteiger partial charge is 0.481 e. The van der Waals surface area contributed by atoms with Gasteiger partial charge in [0.2, 0.25) is 0 Å². The van der Waals surface area contributed by atoms with Crippen LogP contribution in [0.4, 0.5) is 0 Å². The van der Waals surface area contributed by atoms with Gasteiger partial charge in [0, 0.05) is 24.2 Å². The number of hydrogen-bond acceptors (Lipinski definition) is 3. The molecule has 0 saturated heterocycles. The highest BCUT2D eigenvalue weighted by Gasteiger charge is 2.13. The molecule has 0 spiro atoms. The minimum Gasteiger partial charge on any atom is -0.481 e. The molecule has 0 saturated carbocycles. The molecule has 2 aromatic rings. The molecule has 0 unspecified atom stereocenters. The van der Waals surface area contributed by atoms with Crippen molar-refractivity contribution in [3.05, 3.63) is 46.7 Å². The first-order valence-corrected chi connectivity index (χ1v) is 7.17. The Bertz CT molecular complexity index is 680. The van der Waals surface area contributed by atoms with Crippen LogP contribution in [-0.2, 0) is 4.79 Å².